The van der Waals surface area contributed by atoms with Gasteiger partial charge in [-0.1, -0.05) is 30.8 Å². The molecule has 5 nitrogen and oxygen atoms in total. The van der Waals surface area contributed by atoms with E-state index in [0.29, 0.717) is 11.0 Å². The summed E-state index contributed by atoms with van der Waals surface area (Å²) < 4.78 is 12.9. The van der Waals surface area contributed by atoms with E-state index in [0.717, 1.165) is 17.7 Å². The van der Waals surface area contributed by atoms with Crippen molar-refractivity contribution in [3.05, 3.63) is 59.9 Å². The fourth-order valence-corrected chi connectivity index (χ4v) is 2.80. The lowest BCUT2D eigenvalue weighted by atomic mass is 10.1. The van der Waals surface area contributed by atoms with E-state index in [2.05, 4.69) is 27.4 Å². The summed E-state index contributed by atoms with van der Waals surface area (Å²) in [6.07, 6.45) is 0.964. The molecule has 0 unspecified atom stereocenters. The van der Waals surface area contributed by atoms with Crippen molar-refractivity contribution in [2.24, 2.45) is 0 Å². The highest BCUT2D eigenvalue weighted by atomic mass is 32.2. The summed E-state index contributed by atoms with van der Waals surface area (Å²) in [4.78, 5) is 16.3. The van der Waals surface area contributed by atoms with Gasteiger partial charge in [0.15, 0.2) is 5.82 Å². The maximum atomic E-state index is 12.9. The minimum Gasteiger partial charge on any atom is -0.325 e. The predicted octanol–water partition coefficient (Wildman–Crippen LogP) is 3.90. The molecule has 0 atom stereocenters. The number of amides is 1. The quantitative estimate of drug-likeness (QED) is 0.657. The summed E-state index contributed by atoms with van der Waals surface area (Å²) in [5.74, 6) is 0.318. The van der Waals surface area contributed by atoms with Crippen molar-refractivity contribution in [3.8, 4) is 11.4 Å². The summed E-state index contributed by atoms with van der Waals surface area (Å²) in [7, 11) is 0. The number of hydrogen-bond acceptors (Lipinski definition) is 4. The summed E-state index contributed by atoms with van der Waals surface area (Å²) in [5, 5.41) is 10.2. The third-order valence-electron chi connectivity index (χ3n) is 3.56. The molecule has 2 aromatic carbocycles. The zero-order valence-corrected chi connectivity index (χ0v) is 14.4. The predicted molar refractivity (Wildman–Crippen MR) is 97.0 cm³/mol. The summed E-state index contributed by atoms with van der Waals surface area (Å²) in [6, 6.07) is 13.7. The van der Waals surface area contributed by atoms with Gasteiger partial charge in [-0.3, -0.25) is 9.89 Å². The van der Waals surface area contributed by atoms with E-state index in [1.165, 1.54) is 29.5 Å². The second-order valence-electron chi connectivity index (χ2n) is 5.36. The van der Waals surface area contributed by atoms with Gasteiger partial charge in [0.05, 0.1) is 5.75 Å². The minimum atomic E-state index is -0.304. The van der Waals surface area contributed by atoms with Gasteiger partial charge in [-0.25, -0.2) is 9.37 Å². The molecule has 7 heteroatoms. The molecule has 1 aromatic heterocycles. The number of benzene rings is 2. The van der Waals surface area contributed by atoms with Crippen LogP contribution in [-0.4, -0.2) is 26.8 Å². The van der Waals surface area contributed by atoms with Crippen molar-refractivity contribution in [2.45, 2.75) is 18.5 Å². The molecule has 3 rings (SSSR count). The van der Waals surface area contributed by atoms with Gasteiger partial charge in [-0.05, 0) is 48.4 Å². The van der Waals surface area contributed by atoms with Gasteiger partial charge in [0, 0.05) is 11.3 Å². The van der Waals surface area contributed by atoms with Crippen molar-refractivity contribution < 1.29 is 9.18 Å². The van der Waals surface area contributed by atoms with Crippen molar-refractivity contribution in [1.29, 1.82) is 0 Å². The van der Waals surface area contributed by atoms with E-state index in [9.17, 15) is 9.18 Å². The van der Waals surface area contributed by atoms with E-state index < -0.39 is 0 Å². The fraction of sp³-hybridized carbons (Fsp3) is 0.167. The Morgan fingerprint density at radius 2 is 1.88 bits per heavy atom. The smallest absolute Gasteiger partial charge is 0.234 e. The number of aromatic amines is 1. The van der Waals surface area contributed by atoms with Crippen LogP contribution < -0.4 is 5.32 Å². The van der Waals surface area contributed by atoms with Gasteiger partial charge >= 0.3 is 0 Å². The Labute approximate surface area is 149 Å². The van der Waals surface area contributed by atoms with E-state index in [-0.39, 0.29) is 17.5 Å². The molecule has 3 aromatic rings. The second kappa shape index (κ2) is 7.94. The molecule has 128 valence electrons. The molecule has 0 radical (unpaired) electrons. The SMILES string of the molecule is CCc1ccc(NC(=O)CSc2n[nH]c(-c3ccc(F)cc3)n2)cc1. The zero-order valence-electron chi connectivity index (χ0n) is 13.6. The average Bonchev–Trinajstić information content (AvgIpc) is 3.10. The maximum absolute atomic E-state index is 12.9. The summed E-state index contributed by atoms with van der Waals surface area (Å²) in [6.45, 7) is 2.08. The van der Waals surface area contributed by atoms with Crippen LogP contribution >= 0.6 is 11.8 Å². The summed E-state index contributed by atoms with van der Waals surface area (Å²) >= 11 is 1.23. The highest BCUT2D eigenvalue weighted by molar-refractivity contribution is 7.99. The van der Waals surface area contributed by atoms with Crippen molar-refractivity contribution >= 4 is 23.4 Å². The standard InChI is InChI=1S/C18H17FN4OS/c1-2-12-3-9-15(10-4-12)20-16(24)11-25-18-21-17(22-23-18)13-5-7-14(19)8-6-13/h3-10H,2,11H2,1H3,(H,20,24)(H,21,22,23). The molecule has 0 aliphatic rings. The average molecular weight is 356 g/mol. The zero-order chi connectivity index (χ0) is 17.6. The molecular weight excluding hydrogens is 339 g/mol. The van der Waals surface area contributed by atoms with Gasteiger partial charge in [0.1, 0.15) is 5.82 Å². The lowest BCUT2D eigenvalue weighted by molar-refractivity contribution is -0.113. The molecule has 1 amide bonds. The first-order chi connectivity index (χ1) is 12.1. The van der Waals surface area contributed by atoms with Crippen LogP contribution in [-0.2, 0) is 11.2 Å². The fourth-order valence-electron chi connectivity index (χ4n) is 2.20. The van der Waals surface area contributed by atoms with Crippen LogP contribution in [0.5, 0.6) is 0 Å². The number of hydrogen-bond donors (Lipinski definition) is 2. The number of carbonyl (C=O) groups is 1. The Morgan fingerprint density at radius 1 is 1.16 bits per heavy atom. The molecule has 0 saturated carbocycles. The lowest BCUT2D eigenvalue weighted by Gasteiger charge is -2.04. The Balaban J connectivity index is 1.54. The van der Waals surface area contributed by atoms with Crippen LogP contribution in [0.15, 0.2) is 53.7 Å². The van der Waals surface area contributed by atoms with Crippen LogP contribution in [0.3, 0.4) is 0 Å². The number of nitrogens with zero attached hydrogens (tertiary/aromatic N) is 2. The normalized spacial score (nSPS) is 10.6. The minimum absolute atomic E-state index is 0.123. The number of aromatic nitrogens is 3. The van der Waals surface area contributed by atoms with Gasteiger partial charge in [-0.15, -0.1) is 5.10 Å². The van der Waals surface area contributed by atoms with Gasteiger partial charge in [0.25, 0.3) is 0 Å². The molecule has 0 fully saturated rings. The largest absolute Gasteiger partial charge is 0.325 e. The third-order valence-corrected chi connectivity index (χ3v) is 4.41. The van der Waals surface area contributed by atoms with E-state index in [1.807, 2.05) is 24.3 Å². The highest BCUT2D eigenvalue weighted by Gasteiger charge is 2.09. The second-order valence-corrected chi connectivity index (χ2v) is 6.30. The molecule has 1 heterocycles. The van der Waals surface area contributed by atoms with E-state index in [4.69, 9.17) is 0 Å². The number of anilines is 1. The third kappa shape index (κ3) is 4.67. The van der Waals surface area contributed by atoms with Crippen molar-refractivity contribution in [1.82, 2.24) is 15.2 Å². The van der Waals surface area contributed by atoms with Crippen molar-refractivity contribution in [2.75, 3.05) is 11.1 Å². The van der Waals surface area contributed by atoms with Gasteiger partial charge in [0.2, 0.25) is 11.1 Å². The maximum Gasteiger partial charge on any atom is 0.234 e. The van der Waals surface area contributed by atoms with Crippen LogP contribution in [0, 0.1) is 5.82 Å². The first kappa shape index (κ1) is 17.2. The van der Waals surface area contributed by atoms with Crippen molar-refractivity contribution in [3.63, 3.8) is 0 Å². The number of nitrogens with one attached hydrogen (secondary N) is 2. The van der Waals surface area contributed by atoms with Crippen LogP contribution in [0.2, 0.25) is 0 Å². The number of H-pyrrole nitrogens is 1. The molecular formula is C18H17FN4OS. The van der Waals surface area contributed by atoms with Crippen LogP contribution in [0.25, 0.3) is 11.4 Å². The topological polar surface area (TPSA) is 70.7 Å². The van der Waals surface area contributed by atoms with E-state index in [1.54, 1.807) is 12.1 Å². The van der Waals surface area contributed by atoms with Crippen LogP contribution in [0.1, 0.15) is 12.5 Å². The Kier molecular flexibility index (Phi) is 5.45. The number of carbonyl (C=O) groups excluding carboxylic acids is 1. The Hall–Kier alpha value is -2.67. The molecule has 0 spiro atoms. The number of rotatable bonds is 6. The molecule has 0 saturated heterocycles. The lowest BCUT2D eigenvalue weighted by Crippen LogP contribution is -2.14. The van der Waals surface area contributed by atoms with Gasteiger partial charge in [-0.2, -0.15) is 0 Å². The molecule has 25 heavy (non-hydrogen) atoms. The molecule has 0 aliphatic heterocycles. The first-order valence-electron chi connectivity index (χ1n) is 7.84. The summed E-state index contributed by atoms with van der Waals surface area (Å²) in [5.41, 5.74) is 2.73. The van der Waals surface area contributed by atoms with E-state index >= 15 is 0 Å². The first-order valence-corrected chi connectivity index (χ1v) is 8.82. The van der Waals surface area contributed by atoms with Crippen LogP contribution in [0.4, 0.5) is 10.1 Å². The number of aryl methyl sites for hydroxylation is 1. The molecule has 0 aliphatic carbocycles. The molecule has 0 bridgehead atoms. The Morgan fingerprint density at radius 3 is 2.56 bits per heavy atom. The monoisotopic (exact) mass is 356 g/mol. The highest BCUT2D eigenvalue weighted by Crippen LogP contribution is 2.20. The molecule has 2 N–H and O–H groups in total. The Bertz CT molecular complexity index is 846. The van der Waals surface area contributed by atoms with Gasteiger partial charge < -0.3 is 5.32 Å². The number of halogens is 1. The number of thioether (sulfide) groups is 1.